The third kappa shape index (κ3) is 8.41. The number of alkyl halides is 6. The van der Waals surface area contributed by atoms with Crippen molar-refractivity contribution in [3.8, 4) is 0 Å². The lowest BCUT2D eigenvalue weighted by molar-refractivity contribution is -0.143. The molecule has 1 saturated heterocycles. The lowest BCUT2D eigenvalue weighted by Gasteiger charge is -2.48. The molecule has 1 amide bonds. The highest BCUT2D eigenvalue weighted by Gasteiger charge is 2.43. The normalized spacial score (nSPS) is 19.5. The number of likely N-dealkylation sites (tertiary alicyclic amines) is 1. The second kappa shape index (κ2) is 13.0. The number of aromatic nitrogens is 2. The minimum Gasteiger partial charge on any atom is -0.444 e. The van der Waals surface area contributed by atoms with Crippen molar-refractivity contribution < 1.29 is 35.9 Å². The van der Waals surface area contributed by atoms with Crippen molar-refractivity contribution in [3.63, 3.8) is 0 Å². The van der Waals surface area contributed by atoms with Gasteiger partial charge in [0, 0.05) is 37.1 Å². The average Bonchev–Trinajstić information content (AvgIpc) is 2.94. The van der Waals surface area contributed by atoms with Crippen molar-refractivity contribution >= 4 is 12.0 Å². The highest BCUT2D eigenvalue weighted by molar-refractivity contribution is 5.69. The SMILES string of the molecule is CC[C@@H]1C[C@H](N(Cc2cc(C(F)(F)F)cc(C(F)(F)F)c2)c2ncccn2)C[C@H](Cc2ccccc2)N1C(=O)OC(C)(C)C. The van der Waals surface area contributed by atoms with Gasteiger partial charge in [-0.15, -0.1) is 0 Å². The number of halogens is 6. The van der Waals surface area contributed by atoms with E-state index in [4.69, 9.17) is 4.74 Å². The molecule has 1 aliphatic heterocycles. The molecule has 1 aromatic heterocycles. The maximum atomic E-state index is 13.7. The van der Waals surface area contributed by atoms with Crippen LogP contribution in [-0.4, -0.2) is 44.7 Å². The Morgan fingerprint density at radius 2 is 1.43 bits per heavy atom. The second-order valence-corrected chi connectivity index (χ2v) is 12.0. The number of amides is 1. The first-order valence-corrected chi connectivity index (χ1v) is 14.4. The molecule has 0 N–H and O–H groups in total. The Kier molecular flexibility index (Phi) is 9.80. The minimum absolute atomic E-state index is 0.120. The van der Waals surface area contributed by atoms with E-state index >= 15 is 0 Å². The molecule has 6 nitrogen and oxygen atoms in total. The summed E-state index contributed by atoms with van der Waals surface area (Å²) in [5.41, 5.74) is -2.72. The number of anilines is 1. The third-order valence-electron chi connectivity index (χ3n) is 7.51. The lowest BCUT2D eigenvalue weighted by atomic mass is 9.86. The molecule has 238 valence electrons. The van der Waals surface area contributed by atoms with Gasteiger partial charge in [0.2, 0.25) is 5.95 Å². The van der Waals surface area contributed by atoms with Gasteiger partial charge in [-0.3, -0.25) is 0 Å². The summed E-state index contributed by atoms with van der Waals surface area (Å²) in [6, 6.07) is 11.6. The Morgan fingerprint density at radius 3 is 1.95 bits per heavy atom. The molecule has 3 aromatic rings. The van der Waals surface area contributed by atoms with Crippen molar-refractivity contribution in [1.82, 2.24) is 14.9 Å². The minimum atomic E-state index is -4.98. The van der Waals surface area contributed by atoms with Gasteiger partial charge in [0.25, 0.3) is 0 Å². The van der Waals surface area contributed by atoms with Crippen LogP contribution in [-0.2, 0) is 30.1 Å². The molecule has 0 bridgehead atoms. The molecule has 0 aliphatic carbocycles. The molecule has 44 heavy (non-hydrogen) atoms. The first kappa shape index (κ1) is 33.1. The first-order chi connectivity index (χ1) is 20.5. The van der Waals surface area contributed by atoms with Crippen LogP contribution in [0, 0.1) is 0 Å². The van der Waals surface area contributed by atoms with E-state index in [0.29, 0.717) is 25.7 Å². The van der Waals surface area contributed by atoms with Crippen molar-refractivity contribution in [2.75, 3.05) is 4.90 Å². The number of piperidine rings is 1. The number of ether oxygens (including phenoxy) is 1. The van der Waals surface area contributed by atoms with Gasteiger partial charge in [-0.1, -0.05) is 37.3 Å². The summed E-state index contributed by atoms with van der Waals surface area (Å²) in [5.74, 6) is 0.169. The summed E-state index contributed by atoms with van der Waals surface area (Å²) < 4.78 is 87.9. The van der Waals surface area contributed by atoms with Crippen molar-refractivity contribution in [1.29, 1.82) is 0 Å². The molecule has 0 radical (unpaired) electrons. The van der Waals surface area contributed by atoms with Gasteiger partial charge in [0.15, 0.2) is 0 Å². The molecule has 2 aromatic carbocycles. The highest BCUT2D eigenvalue weighted by atomic mass is 19.4. The number of nitrogens with zero attached hydrogens (tertiary/aromatic N) is 4. The van der Waals surface area contributed by atoms with Gasteiger partial charge in [0.1, 0.15) is 5.60 Å². The maximum Gasteiger partial charge on any atom is 0.416 e. The summed E-state index contributed by atoms with van der Waals surface area (Å²) in [4.78, 5) is 25.6. The molecule has 0 saturated carbocycles. The van der Waals surface area contributed by atoms with Crippen LogP contribution in [0.15, 0.2) is 67.0 Å². The summed E-state index contributed by atoms with van der Waals surface area (Å²) in [6.45, 7) is 6.97. The van der Waals surface area contributed by atoms with Crippen LogP contribution in [0.25, 0.3) is 0 Å². The maximum absolute atomic E-state index is 13.7. The first-order valence-electron chi connectivity index (χ1n) is 14.4. The van der Waals surface area contributed by atoms with E-state index in [-0.39, 0.29) is 36.2 Å². The highest BCUT2D eigenvalue weighted by Crippen LogP contribution is 2.38. The van der Waals surface area contributed by atoms with Crippen LogP contribution in [0.4, 0.5) is 37.1 Å². The molecule has 1 fully saturated rings. The van der Waals surface area contributed by atoms with Gasteiger partial charge < -0.3 is 14.5 Å². The molecular weight excluding hydrogens is 586 g/mol. The van der Waals surface area contributed by atoms with Gasteiger partial charge >= 0.3 is 18.4 Å². The number of hydrogen-bond acceptors (Lipinski definition) is 5. The smallest absolute Gasteiger partial charge is 0.416 e. The van der Waals surface area contributed by atoms with E-state index < -0.39 is 41.2 Å². The molecule has 2 heterocycles. The van der Waals surface area contributed by atoms with Crippen molar-refractivity contribution in [2.45, 2.75) is 96.0 Å². The van der Waals surface area contributed by atoms with Gasteiger partial charge in [-0.05, 0) is 81.8 Å². The Labute approximate surface area is 253 Å². The second-order valence-electron chi connectivity index (χ2n) is 12.0. The monoisotopic (exact) mass is 622 g/mol. The summed E-state index contributed by atoms with van der Waals surface area (Å²) in [6.07, 6.45) is -5.73. The summed E-state index contributed by atoms with van der Waals surface area (Å²) in [7, 11) is 0. The number of benzene rings is 2. The van der Waals surface area contributed by atoms with E-state index in [9.17, 15) is 31.1 Å². The number of carbonyl (C=O) groups is 1. The number of carbonyl (C=O) groups excluding carboxylic acids is 1. The fraction of sp³-hybridized carbons (Fsp3) is 0.469. The van der Waals surface area contributed by atoms with Crippen LogP contribution >= 0.6 is 0 Å². The number of rotatable bonds is 7. The van der Waals surface area contributed by atoms with Crippen molar-refractivity contribution in [3.05, 3.63) is 89.2 Å². The lowest BCUT2D eigenvalue weighted by Crippen LogP contribution is -2.58. The van der Waals surface area contributed by atoms with Crippen LogP contribution in [0.5, 0.6) is 0 Å². The van der Waals surface area contributed by atoms with E-state index in [1.165, 1.54) is 12.4 Å². The van der Waals surface area contributed by atoms with Crippen LogP contribution < -0.4 is 4.90 Å². The van der Waals surface area contributed by atoms with Gasteiger partial charge in [0.05, 0.1) is 11.1 Å². The Morgan fingerprint density at radius 1 is 0.864 bits per heavy atom. The molecule has 3 atom stereocenters. The quantitative estimate of drug-likeness (QED) is 0.248. The Bertz CT molecular complexity index is 1360. The fourth-order valence-corrected chi connectivity index (χ4v) is 5.66. The average molecular weight is 623 g/mol. The largest absolute Gasteiger partial charge is 0.444 e. The molecule has 12 heteroatoms. The zero-order chi connectivity index (χ0) is 32.3. The van der Waals surface area contributed by atoms with E-state index in [1.54, 1.807) is 36.6 Å². The van der Waals surface area contributed by atoms with Gasteiger partial charge in [-0.25, -0.2) is 14.8 Å². The van der Waals surface area contributed by atoms with E-state index in [0.717, 1.165) is 17.7 Å². The molecule has 4 rings (SSSR count). The predicted molar refractivity (Wildman–Crippen MR) is 154 cm³/mol. The standard InChI is InChI=1S/C32H36F6N4O2/c1-5-25-18-26(19-27(16-21-10-7-6-8-11-21)42(25)29(43)44-30(2,3)4)41(28-39-12-9-13-40-28)20-22-14-23(31(33,34)35)17-24(15-22)32(36,37)38/h6-15,17,25-27H,5,16,18-20H2,1-4H3/t25-,26+,27+/m1/s1. The predicted octanol–water partition coefficient (Wildman–Crippen LogP) is 8.31. The van der Waals surface area contributed by atoms with Gasteiger partial charge in [-0.2, -0.15) is 26.3 Å². The number of hydrogen-bond donors (Lipinski definition) is 0. The van der Waals surface area contributed by atoms with Crippen LogP contribution in [0.1, 0.15) is 69.2 Å². The van der Waals surface area contributed by atoms with Crippen molar-refractivity contribution in [2.24, 2.45) is 0 Å². The van der Waals surface area contributed by atoms with Crippen LogP contribution in [0.2, 0.25) is 0 Å². The fourth-order valence-electron chi connectivity index (χ4n) is 5.66. The van der Waals surface area contributed by atoms with E-state index in [1.807, 2.05) is 37.3 Å². The topological polar surface area (TPSA) is 58.6 Å². The zero-order valence-electron chi connectivity index (χ0n) is 25.0. The summed E-state index contributed by atoms with van der Waals surface area (Å²) >= 11 is 0. The molecule has 0 spiro atoms. The molecular formula is C32H36F6N4O2. The zero-order valence-corrected chi connectivity index (χ0v) is 25.0. The summed E-state index contributed by atoms with van der Waals surface area (Å²) in [5, 5.41) is 0. The van der Waals surface area contributed by atoms with Crippen LogP contribution in [0.3, 0.4) is 0 Å². The molecule has 0 unspecified atom stereocenters. The molecule has 1 aliphatic rings. The Balaban J connectivity index is 1.77. The van der Waals surface area contributed by atoms with E-state index in [2.05, 4.69) is 9.97 Å². The Hall–Kier alpha value is -3.83. The third-order valence-corrected chi connectivity index (χ3v) is 7.51.